The molecule has 0 radical (unpaired) electrons. The molecule has 0 aliphatic heterocycles. The molecule has 4 nitrogen and oxygen atoms in total. The molecule has 0 bridgehead atoms. The maximum Gasteiger partial charge on any atom is 0.203 e. The Bertz CT molecular complexity index is 802. The molecule has 0 atom stereocenters. The average Bonchev–Trinajstić information content (AvgIpc) is 2.99. The van der Waals surface area contributed by atoms with Crippen molar-refractivity contribution in [1.29, 1.82) is 0 Å². The quantitative estimate of drug-likeness (QED) is 0.513. The summed E-state index contributed by atoms with van der Waals surface area (Å²) in [6.07, 6.45) is 1.56. The van der Waals surface area contributed by atoms with Gasteiger partial charge in [0.1, 0.15) is 5.75 Å². The number of nitrogens with zero attached hydrogens (tertiary/aromatic N) is 2. The first-order valence-corrected chi connectivity index (χ1v) is 8.18. The van der Waals surface area contributed by atoms with E-state index in [1.165, 1.54) is 11.3 Å². The molecular formula is C16H12BrN3OS. The van der Waals surface area contributed by atoms with Crippen molar-refractivity contribution in [1.82, 2.24) is 4.98 Å². The molecule has 0 aliphatic rings. The Morgan fingerprint density at radius 1 is 1.18 bits per heavy atom. The lowest BCUT2D eigenvalue weighted by atomic mass is 10.2. The number of benzene rings is 2. The lowest BCUT2D eigenvalue weighted by molar-refractivity contribution is 0.474. The van der Waals surface area contributed by atoms with Gasteiger partial charge in [-0.15, -0.1) is 11.3 Å². The number of rotatable bonds is 4. The van der Waals surface area contributed by atoms with Crippen LogP contribution in [-0.4, -0.2) is 16.3 Å². The second-order valence-corrected chi connectivity index (χ2v) is 6.25. The van der Waals surface area contributed by atoms with Gasteiger partial charge in [-0.25, -0.2) is 4.98 Å². The highest BCUT2D eigenvalue weighted by atomic mass is 79.9. The number of phenols is 1. The molecule has 0 saturated heterocycles. The van der Waals surface area contributed by atoms with E-state index < -0.39 is 0 Å². The molecular weight excluding hydrogens is 362 g/mol. The molecule has 0 aliphatic carbocycles. The topological polar surface area (TPSA) is 57.5 Å². The van der Waals surface area contributed by atoms with Crippen LogP contribution in [-0.2, 0) is 0 Å². The molecule has 0 spiro atoms. The second-order valence-electron chi connectivity index (χ2n) is 4.48. The van der Waals surface area contributed by atoms with Gasteiger partial charge >= 0.3 is 0 Å². The van der Waals surface area contributed by atoms with E-state index >= 15 is 0 Å². The van der Waals surface area contributed by atoms with E-state index in [0.717, 1.165) is 15.7 Å². The largest absolute Gasteiger partial charge is 0.507 e. The van der Waals surface area contributed by atoms with Crippen LogP contribution in [0.5, 0.6) is 5.75 Å². The highest BCUT2D eigenvalue weighted by Crippen LogP contribution is 2.25. The normalized spacial score (nSPS) is 11.0. The van der Waals surface area contributed by atoms with Crippen molar-refractivity contribution in [2.45, 2.75) is 0 Å². The molecule has 1 aromatic heterocycles. The van der Waals surface area contributed by atoms with Gasteiger partial charge in [-0.3, -0.25) is 5.43 Å². The van der Waals surface area contributed by atoms with Crippen molar-refractivity contribution in [3.05, 3.63) is 63.9 Å². The zero-order valence-electron chi connectivity index (χ0n) is 11.4. The fourth-order valence-corrected chi connectivity index (χ4v) is 2.87. The minimum atomic E-state index is 0.170. The number of hydrazone groups is 1. The number of aromatic nitrogens is 1. The van der Waals surface area contributed by atoms with Gasteiger partial charge in [0.15, 0.2) is 0 Å². The molecule has 3 aromatic rings. The van der Waals surface area contributed by atoms with Gasteiger partial charge in [0.25, 0.3) is 0 Å². The van der Waals surface area contributed by atoms with Crippen LogP contribution in [0.2, 0.25) is 0 Å². The molecule has 110 valence electrons. The molecule has 0 amide bonds. The molecule has 6 heteroatoms. The number of aromatic hydroxyl groups is 1. The highest BCUT2D eigenvalue weighted by molar-refractivity contribution is 9.10. The number of hydrogen-bond donors (Lipinski definition) is 2. The number of halogens is 1. The van der Waals surface area contributed by atoms with E-state index in [0.29, 0.717) is 10.7 Å². The van der Waals surface area contributed by atoms with Gasteiger partial charge in [-0.1, -0.05) is 46.3 Å². The number of phenolic OH excluding ortho intramolecular Hbond substituents is 1. The highest BCUT2D eigenvalue weighted by Gasteiger charge is 2.03. The molecule has 1 heterocycles. The Balaban J connectivity index is 1.69. The van der Waals surface area contributed by atoms with Gasteiger partial charge < -0.3 is 5.11 Å². The lowest BCUT2D eigenvalue weighted by Crippen LogP contribution is -1.90. The van der Waals surface area contributed by atoms with Crippen LogP contribution in [0.25, 0.3) is 11.3 Å². The Morgan fingerprint density at radius 3 is 2.77 bits per heavy atom. The second kappa shape index (κ2) is 6.72. The van der Waals surface area contributed by atoms with Gasteiger partial charge in [0.05, 0.1) is 11.9 Å². The Labute approximate surface area is 140 Å². The molecule has 22 heavy (non-hydrogen) atoms. The number of nitrogens with one attached hydrogen (secondary N) is 1. The number of thiazole rings is 1. The number of anilines is 1. The summed E-state index contributed by atoms with van der Waals surface area (Å²) in [4.78, 5) is 4.47. The molecule has 0 saturated carbocycles. The summed E-state index contributed by atoms with van der Waals surface area (Å²) in [6.45, 7) is 0. The maximum atomic E-state index is 9.78. The predicted octanol–water partition coefficient (Wildman–Crippen LogP) is 4.72. The van der Waals surface area contributed by atoms with Crippen LogP contribution in [0.3, 0.4) is 0 Å². The predicted molar refractivity (Wildman–Crippen MR) is 94.6 cm³/mol. The summed E-state index contributed by atoms with van der Waals surface area (Å²) < 4.78 is 0.822. The maximum absolute atomic E-state index is 9.78. The standard InChI is InChI=1S/C16H12BrN3OS/c17-13-7-6-12(15(21)8-13)9-18-20-16-19-14(10-22-16)11-4-2-1-3-5-11/h1-10,21H,(H,19,20). The van der Waals surface area contributed by atoms with Crippen LogP contribution in [0, 0.1) is 0 Å². The molecule has 2 N–H and O–H groups in total. The lowest BCUT2D eigenvalue weighted by Gasteiger charge is -1.99. The van der Waals surface area contributed by atoms with Crippen LogP contribution >= 0.6 is 27.3 Å². The minimum Gasteiger partial charge on any atom is -0.507 e. The van der Waals surface area contributed by atoms with Crippen molar-refractivity contribution in [2.24, 2.45) is 5.10 Å². The van der Waals surface area contributed by atoms with E-state index in [9.17, 15) is 5.11 Å². The Morgan fingerprint density at radius 2 is 2.00 bits per heavy atom. The van der Waals surface area contributed by atoms with Crippen molar-refractivity contribution in [3.63, 3.8) is 0 Å². The van der Waals surface area contributed by atoms with E-state index in [1.54, 1.807) is 18.3 Å². The summed E-state index contributed by atoms with van der Waals surface area (Å²) in [7, 11) is 0. The molecule has 0 unspecified atom stereocenters. The Kier molecular flexibility index (Phi) is 4.50. The zero-order valence-corrected chi connectivity index (χ0v) is 13.8. The first-order chi connectivity index (χ1) is 10.7. The van der Waals surface area contributed by atoms with Gasteiger partial charge in [-0.2, -0.15) is 5.10 Å². The third-order valence-electron chi connectivity index (χ3n) is 2.93. The Hall–Kier alpha value is -2.18. The molecule has 0 fully saturated rings. The zero-order chi connectivity index (χ0) is 15.4. The van der Waals surface area contributed by atoms with E-state index in [2.05, 4.69) is 31.4 Å². The first-order valence-electron chi connectivity index (χ1n) is 6.51. The monoisotopic (exact) mass is 373 g/mol. The van der Waals surface area contributed by atoms with Crippen LogP contribution in [0.4, 0.5) is 5.13 Å². The van der Waals surface area contributed by atoms with Gasteiger partial charge in [-0.05, 0) is 18.2 Å². The van der Waals surface area contributed by atoms with E-state index in [-0.39, 0.29) is 5.75 Å². The van der Waals surface area contributed by atoms with Crippen molar-refractivity contribution >= 4 is 38.6 Å². The minimum absolute atomic E-state index is 0.170. The van der Waals surface area contributed by atoms with Crippen LogP contribution < -0.4 is 5.43 Å². The van der Waals surface area contributed by atoms with Crippen molar-refractivity contribution < 1.29 is 5.11 Å². The SMILES string of the molecule is Oc1cc(Br)ccc1C=NNc1nc(-c2ccccc2)cs1. The summed E-state index contributed by atoms with van der Waals surface area (Å²) in [5, 5.41) is 16.6. The van der Waals surface area contributed by atoms with Gasteiger partial charge in [0, 0.05) is 21.0 Å². The van der Waals surface area contributed by atoms with Gasteiger partial charge in [0.2, 0.25) is 5.13 Å². The summed E-state index contributed by atoms with van der Waals surface area (Å²) in [6, 6.07) is 15.2. The van der Waals surface area contributed by atoms with Crippen LogP contribution in [0.1, 0.15) is 5.56 Å². The van der Waals surface area contributed by atoms with E-state index in [4.69, 9.17) is 0 Å². The summed E-state index contributed by atoms with van der Waals surface area (Å²) in [5.41, 5.74) is 5.50. The summed E-state index contributed by atoms with van der Waals surface area (Å²) >= 11 is 4.78. The molecule has 3 rings (SSSR count). The smallest absolute Gasteiger partial charge is 0.203 e. The average molecular weight is 374 g/mol. The van der Waals surface area contributed by atoms with E-state index in [1.807, 2.05) is 41.8 Å². The fourth-order valence-electron chi connectivity index (χ4n) is 1.85. The molecule has 2 aromatic carbocycles. The fraction of sp³-hybridized carbons (Fsp3) is 0. The van der Waals surface area contributed by atoms with Crippen molar-refractivity contribution in [3.8, 4) is 17.0 Å². The van der Waals surface area contributed by atoms with Crippen molar-refractivity contribution in [2.75, 3.05) is 5.43 Å². The third-order valence-corrected chi connectivity index (χ3v) is 4.17. The summed E-state index contributed by atoms with van der Waals surface area (Å²) in [5.74, 6) is 0.170. The third kappa shape index (κ3) is 3.52. The van der Waals surface area contributed by atoms with Crippen LogP contribution in [0.15, 0.2) is 63.5 Å². The number of hydrogen-bond acceptors (Lipinski definition) is 5. The first kappa shape index (κ1) is 14.7.